The van der Waals surface area contributed by atoms with E-state index in [1.165, 1.54) is 19.3 Å². The molecule has 2 rings (SSSR count). The van der Waals surface area contributed by atoms with E-state index >= 15 is 0 Å². The van der Waals surface area contributed by atoms with Gasteiger partial charge in [-0.3, -0.25) is 9.69 Å². The molecule has 4 heteroatoms. The van der Waals surface area contributed by atoms with Crippen LogP contribution in [-0.2, 0) is 4.79 Å². The number of aliphatic hydroxyl groups excluding tert-OH is 1. The van der Waals surface area contributed by atoms with E-state index in [9.17, 15) is 9.90 Å². The molecule has 1 amide bonds. The number of hydrogen-bond acceptors (Lipinski definition) is 3. The first-order valence-corrected chi connectivity index (χ1v) is 7.86. The fourth-order valence-electron chi connectivity index (χ4n) is 3.51. The van der Waals surface area contributed by atoms with E-state index in [-0.39, 0.29) is 18.6 Å². The van der Waals surface area contributed by atoms with Crippen LogP contribution in [0.5, 0.6) is 0 Å². The molecular weight excluding hydrogens is 240 g/mol. The number of rotatable bonds is 4. The van der Waals surface area contributed by atoms with Crippen molar-refractivity contribution in [2.24, 2.45) is 0 Å². The van der Waals surface area contributed by atoms with E-state index < -0.39 is 0 Å². The summed E-state index contributed by atoms with van der Waals surface area (Å²) in [6.45, 7) is 2.78. The number of carbonyl (C=O) groups is 1. The summed E-state index contributed by atoms with van der Waals surface area (Å²) in [7, 11) is 0. The van der Waals surface area contributed by atoms with Crippen molar-refractivity contribution in [2.45, 2.75) is 76.4 Å². The molecule has 1 heterocycles. The van der Waals surface area contributed by atoms with Gasteiger partial charge < -0.3 is 10.4 Å². The summed E-state index contributed by atoms with van der Waals surface area (Å²) in [5, 5.41) is 12.6. The second-order valence-electron chi connectivity index (χ2n) is 6.19. The quantitative estimate of drug-likeness (QED) is 0.815. The maximum atomic E-state index is 12.2. The van der Waals surface area contributed by atoms with Gasteiger partial charge in [0.2, 0.25) is 5.91 Å². The minimum atomic E-state index is 0.138. The zero-order valence-corrected chi connectivity index (χ0v) is 12.1. The smallest absolute Gasteiger partial charge is 0.234 e. The molecule has 0 aromatic rings. The third-order valence-electron chi connectivity index (χ3n) is 4.70. The number of piperidine rings is 1. The zero-order valence-electron chi connectivity index (χ0n) is 12.1. The van der Waals surface area contributed by atoms with Crippen molar-refractivity contribution in [3.05, 3.63) is 0 Å². The Bertz CT molecular complexity index is 290. The Morgan fingerprint density at radius 3 is 2.58 bits per heavy atom. The van der Waals surface area contributed by atoms with E-state index in [1.54, 1.807) is 0 Å². The Balaban J connectivity index is 1.82. The molecule has 19 heavy (non-hydrogen) atoms. The van der Waals surface area contributed by atoms with Gasteiger partial charge in [0, 0.05) is 18.1 Å². The molecule has 0 aromatic carbocycles. The highest BCUT2D eigenvalue weighted by atomic mass is 16.3. The summed E-state index contributed by atoms with van der Waals surface area (Å²) >= 11 is 0. The van der Waals surface area contributed by atoms with Crippen LogP contribution in [0.15, 0.2) is 0 Å². The average molecular weight is 268 g/mol. The number of amides is 1. The number of nitrogens with zero attached hydrogens (tertiary/aromatic N) is 1. The van der Waals surface area contributed by atoms with Crippen molar-refractivity contribution in [1.29, 1.82) is 0 Å². The first kappa shape index (κ1) is 14.8. The first-order valence-electron chi connectivity index (χ1n) is 7.86. The number of likely N-dealkylation sites (tertiary alicyclic amines) is 1. The third kappa shape index (κ3) is 4.18. The molecule has 4 nitrogen and oxygen atoms in total. The highest BCUT2D eigenvalue weighted by molar-refractivity contribution is 5.78. The summed E-state index contributed by atoms with van der Waals surface area (Å²) in [6.07, 6.45) is 9.35. The van der Waals surface area contributed by atoms with Gasteiger partial charge in [-0.1, -0.05) is 25.7 Å². The van der Waals surface area contributed by atoms with E-state index in [0.29, 0.717) is 18.6 Å². The number of hydrogen-bond donors (Lipinski definition) is 2. The number of carbonyl (C=O) groups excluding carboxylic acids is 1. The van der Waals surface area contributed by atoms with Gasteiger partial charge in [-0.2, -0.15) is 0 Å². The number of aliphatic hydroxyl groups is 1. The normalized spacial score (nSPS) is 30.2. The van der Waals surface area contributed by atoms with E-state index in [1.807, 2.05) is 0 Å². The highest BCUT2D eigenvalue weighted by Crippen LogP contribution is 2.22. The number of nitrogens with one attached hydrogen (secondary N) is 1. The van der Waals surface area contributed by atoms with Crippen LogP contribution >= 0.6 is 0 Å². The topological polar surface area (TPSA) is 52.6 Å². The molecule has 1 aliphatic heterocycles. The van der Waals surface area contributed by atoms with Gasteiger partial charge >= 0.3 is 0 Å². The molecule has 1 saturated heterocycles. The highest BCUT2D eigenvalue weighted by Gasteiger charge is 2.29. The van der Waals surface area contributed by atoms with Crippen LogP contribution < -0.4 is 5.32 Å². The summed E-state index contributed by atoms with van der Waals surface area (Å²) in [5.74, 6) is 0.138. The van der Waals surface area contributed by atoms with Gasteiger partial charge in [-0.05, 0) is 32.6 Å². The van der Waals surface area contributed by atoms with Crippen LogP contribution in [0.3, 0.4) is 0 Å². The van der Waals surface area contributed by atoms with E-state index in [4.69, 9.17) is 0 Å². The molecule has 2 aliphatic rings. The molecule has 2 atom stereocenters. The lowest BCUT2D eigenvalue weighted by atomic mass is 9.95. The van der Waals surface area contributed by atoms with Crippen molar-refractivity contribution >= 4 is 5.91 Å². The van der Waals surface area contributed by atoms with Crippen molar-refractivity contribution < 1.29 is 9.90 Å². The maximum Gasteiger partial charge on any atom is 0.234 e. The molecule has 2 unspecified atom stereocenters. The fraction of sp³-hybridized carbons (Fsp3) is 0.933. The zero-order chi connectivity index (χ0) is 13.7. The Hall–Kier alpha value is -0.610. The SMILES string of the molecule is CC1CCCC(CO)N1CC(=O)NC1CCCCC1. The average Bonchev–Trinajstić information content (AvgIpc) is 2.42. The third-order valence-corrected chi connectivity index (χ3v) is 4.70. The van der Waals surface area contributed by atoms with Crippen LogP contribution in [0.25, 0.3) is 0 Å². The second-order valence-corrected chi connectivity index (χ2v) is 6.19. The van der Waals surface area contributed by atoms with Gasteiger partial charge in [-0.25, -0.2) is 0 Å². The molecule has 1 saturated carbocycles. The van der Waals surface area contributed by atoms with Gasteiger partial charge in [0.25, 0.3) is 0 Å². The molecule has 110 valence electrons. The molecule has 0 bridgehead atoms. The lowest BCUT2D eigenvalue weighted by Crippen LogP contribution is -2.52. The molecule has 1 aliphatic carbocycles. The molecule has 0 spiro atoms. The summed E-state index contributed by atoms with van der Waals surface area (Å²) < 4.78 is 0. The molecule has 2 fully saturated rings. The monoisotopic (exact) mass is 268 g/mol. The standard InChI is InChI=1S/C15H28N2O2/c1-12-6-5-9-14(11-18)17(12)10-15(19)16-13-7-3-2-4-8-13/h12-14,18H,2-11H2,1H3,(H,16,19). The predicted molar refractivity (Wildman–Crippen MR) is 75.9 cm³/mol. The van der Waals surface area contributed by atoms with Crippen LogP contribution in [-0.4, -0.2) is 47.2 Å². The van der Waals surface area contributed by atoms with E-state index in [2.05, 4.69) is 17.1 Å². The van der Waals surface area contributed by atoms with Crippen LogP contribution in [0.2, 0.25) is 0 Å². The molecular formula is C15H28N2O2. The van der Waals surface area contributed by atoms with Crippen LogP contribution in [0.1, 0.15) is 58.3 Å². The maximum absolute atomic E-state index is 12.2. The Morgan fingerprint density at radius 1 is 1.16 bits per heavy atom. The predicted octanol–water partition coefficient (Wildman–Crippen LogP) is 1.67. The summed E-state index contributed by atoms with van der Waals surface area (Å²) in [4.78, 5) is 14.3. The lowest BCUT2D eigenvalue weighted by molar-refractivity contribution is -0.125. The van der Waals surface area contributed by atoms with Gasteiger partial charge in [0.05, 0.1) is 13.2 Å². The Kier molecular flexibility index (Phi) is 5.64. The molecule has 0 radical (unpaired) electrons. The fourth-order valence-corrected chi connectivity index (χ4v) is 3.51. The molecule has 0 aromatic heterocycles. The van der Waals surface area contributed by atoms with E-state index in [0.717, 1.165) is 32.1 Å². The van der Waals surface area contributed by atoms with Crippen LogP contribution in [0.4, 0.5) is 0 Å². The minimum Gasteiger partial charge on any atom is -0.395 e. The van der Waals surface area contributed by atoms with Gasteiger partial charge in [0.15, 0.2) is 0 Å². The molecule has 2 N–H and O–H groups in total. The first-order chi connectivity index (χ1) is 9.20. The summed E-state index contributed by atoms with van der Waals surface area (Å²) in [5.41, 5.74) is 0. The van der Waals surface area contributed by atoms with Gasteiger partial charge in [0.1, 0.15) is 0 Å². The Labute approximate surface area is 116 Å². The Morgan fingerprint density at radius 2 is 1.89 bits per heavy atom. The minimum absolute atomic E-state index is 0.138. The van der Waals surface area contributed by atoms with Gasteiger partial charge in [-0.15, -0.1) is 0 Å². The summed E-state index contributed by atoms with van der Waals surface area (Å²) in [6, 6.07) is 0.956. The van der Waals surface area contributed by atoms with Crippen LogP contribution in [0, 0.1) is 0 Å². The van der Waals surface area contributed by atoms with Crippen molar-refractivity contribution in [2.75, 3.05) is 13.2 Å². The van der Waals surface area contributed by atoms with Crippen molar-refractivity contribution in [3.63, 3.8) is 0 Å². The second kappa shape index (κ2) is 7.25. The largest absolute Gasteiger partial charge is 0.395 e. The van der Waals surface area contributed by atoms with Crippen molar-refractivity contribution in [3.8, 4) is 0 Å². The lowest BCUT2D eigenvalue weighted by Gasteiger charge is -2.39. The van der Waals surface area contributed by atoms with Crippen molar-refractivity contribution in [1.82, 2.24) is 10.2 Å².